The average molecular weight is 497 g/mol. The molecule has 0 aromatic heterocycles. The third-order valence-corrected chi connectivity index (χ3v) is 11.7. The molecule has 160 valence electrons. The highest BCUT2D eigenvalue weighted by molar-refractivity contribution is 8.25. The number of hydrogen-bond donors (Lipinski definition) is 0. The molecule has 0 saturated carbocycles. The molecule has 0 bridgehead atoms. The van der Waals surface area contributed by atoms with Crippen LogP contribution in [0.3, 0.4) is 0 Å². The summed E-state index contributed by atoms with van der Waals surface area (Å²) >= 11 is 7.77. The maximum Gasteiger partial charge on any atom is 0.0546 e. The Morgan fingerprint density at radius 3 is 1.18 bits per heavy atom. The third kappa shape index (κ3) is 3.11. The molecule has 0 nitrogen and oxygen atoms in total. The van der Waals surface area contributed by atoms with Gasteiger partial charge in [0.05, 0.1) is 8.47 Å². The van der Waals surface area contributed by atoms with E-state index < -0.39 is 0 Å². The Kier molecular flexibility index (Phi) is 4.64. The smallest absolute Gasteiger partial charge is 0.0546 e. The highest BCUT2D eigenvalue weighted by atomic mass is 32.2. The summed E-state index contributed by atoms with van der Waals surface area (Å²) in [6.45, 7) is 4.85. The first-order valence-corrected chi connectivity index (χ1v) is 14.3. The van der Waals surface area contributed by atoms with Crippen LogP contribution >= 0.6 is 47.0 Å². The van der Waals surface area contributed by atoms with Gasteiger partial charge in [-0.1, -0.05) is 109 Å². The Balaban J connectivity index is 1.50. The van der Waals surface area contributed by atoms with E-state index in [0.29, 0.717) is 0 Å². The Hall–Kier alpha value is -1.98. The van der Waals surface area contributed by atoms with E-state index >= 15 is 0 Å². The molecule has 0 saturated heterocycles. The van der Waals surface area contributed by atoms with E-state index in [-0.39, 0.29) is 5.41 Å². The maximum atomic E-state index is 2.43. The van der Waals surface area contributed by atoms with Gasteiger partial charge in [0.25, 0.3) is 0 Å². The summed E-state index contributed by atoms with van der Waals surface area (Å²) in [4.78, 5) is 5.50. The first-order chi connectivity index (χ1) is 16.1. The van der Waals surface area contributed by atoms with Gasteiger partial charge in [-0.2, -0.15) is 0 Å². The van der Waals surface area contributed by atoms with Crippen LogP contribution in [0.4, 0.5) is 0 Å². The summed E-state index contributed by atoms with van der Waals surface area (Å²) in [5, 5.41) is 2.63. The van der Waals surface area contributed by atoms with Gasteiger partial charge in [-0.15, -0.1) is 0 Å². The van der Waals surface area contributed by atoms with Crippen molar-refractivity contribution in [2.24, 2.45) is 5.41 Å². The molecule has 7 rings (SSSR count). The summed E-state index contributed by atoms with van der Waals surface area (Å²) < 4.78 is 2.86. The zero-order chi connectivity index (χ0) is 22.2. The van der Waals surface area contributed by atoms with Crippen LogP contribution in [0.15, 0.2) is 113 Å². The van der Waals surface area contributed by atoms with Crippen LogP contribution in [0.25, 0.3) is 21.9 Å². The zero-order valence-corrected chi connectivity index (χ0v) is 21.5. The molecule has 4 heteroatoms. The summed E-state index contributed by atoms with van der Waals surface area (Å²) in [6, 6.07) is 31.3. The van der Waals surface area contributed by atoms with Gasteiger partial charge in [0.15, 0.2) is 0 Å². The second-order valence-corrected chi connectivity index (χ2v) is 13.7. The molecule has 33 heavy (non-hydrogen) atoms. The Labute approximate surface area is 211 Å². The summed E-state index contributed by atoms with van der Waals surface area (Å²) in [6.07, 6.45) is 0. The molecular weight excluding hydrogens is 477 g/mol. The number of benzene rings is 4. The minimum atomic E-state index is -0.0749. The molecule has 0 fully saturated rings. The number of rotatable bonds is 0. The zero-order valence-electron chi connectivity index (χ0n) is 18.2. The van der Waals surface area contributed by atoms with Gasteiger partial charge >= 0.3 is 0 Å². The molecule has 0 spiro atoms. The van der Waals surface area contributed by atoms with Gasteiger partial charge in [-0.3, -0.25) is 0 Å². The van der Waals surface area contributed by atoms with Crippen molar-refractivity contribution in [3.8, 4) is 0 Å². The van der Waals surface area contributed by atoms with Crippen molar-refractivity contribution in [2.45, 2.75) is 33.4 Å². The first-order valence-electron chi connectivity index (χ1n) is 11.0. The van der Waals surface area contributed by atoms with Crippen molar-refractivity contribution in [1.82, 2.24) is 0 Å². The number of thioether (sulfide) groups is 4. The molecule has 2 aliphatic heterocycles. The summed E-state index contributed by atoms with van der Waals surface area (Å²) in [5.41, 5.74) is 5.69. The third-order valence-electron chi connectivity index (χ3n) is 6.59. The fraction of sp³-hybridized carbons (Fsp3) is 0.103. The molecule has 0 N–H and O–H groups in total. The normalized spacial score (nSPS) is 18.1. The predicted molar refractivity (Wildman–Crippen MR) is 148 cm³/mol. The molecule has 0 radical (unpaired) electrons. The fourth-order valence-corrected chi connectivity index (χ4v) is 10.9. The van der Waals surface area contributed by atoms with Crippen LogP contribution in [0.1, 0.15) is 25.0 Å². The molecule has 3 aliphatic rings. The van der Waals surface area contributed by atoms with Crippen molar-refractivity contribution in [3.63, 3.8) is 0 Å². The van der Waals surface area contributed by atoms with Crippen molar-refractivity contribution in [2.75, 3.05) is 0 Å². The van der Waals surface area contributed by atoms with Crippen LogP contribution in [-0.2, 0) is 0 Å². The van der Waals surface area contributed by atoms with Crippen LogP contribution in [0, 0.1) is 5.41 Å². The predicted octanol–water partition coefficient (Wildman–Crippen LogP) is 10.0. The van der Waals surface area contributed by atoms with Crippen LogP contribution in [-0.4, -0.2) is 0 Å². The van der Waals surface area contributed by atoms with Gasteiger partial charge in [0, 0.05) is 25.0 Å². The van der Waals surface area contributed by atoms with Gasteiger partial charge in [-0.05, 0) is 69.4 Å². The number of fused-ring (bicyclic) bond motifs is 4. The largest absolute Gasteiger partial charge is 0.0812 e. The van der Waals surface area contributed by atoms with Crippen molar-refractivity contribution >= 4 is 69.0 Å². The lowest BCUT2D eigenvalue weighted by atomic mass is 9.83. The van der Waals surface area contributed by atoms with Crippen molar-refractivity contribution in [3.05, 3.63) is 105 Å². The molecule has 0 unspecified atom stereocenters. The van der Waals surface area contributed by atoms with E-state index in [2.05, 4.69) is 98.8 Å². The standard InChI is InChI=1S/C29H20S4/c1-29(2)25(27-30-21-11-5-6-12-22(21)31-27)19-15-17-9-3-4-10-18(17)16-20(19)26(29)28-32-23-13-7-8-14-24(23)33-28/h3-16H,1-2H3. The average Bonchev–Trinajstić information content (AvgIpc) is 3.47. The van der Waals surface area contributed by atoms with Crippen molar-refractivity contribution in [1.29, 1.82) is 0 Å². The Morgan fingerprint density at radius 1 is 0.485 bits per heavy atom. The van der Waals surface area contributed by atoms with Crippen LogP contribution < -0.4 is 0 Å². The topological polar surface area (TPSA) is 0 Å². The Morgan fingerprint density at radius 2 is 0.818 bits per heavy atom. The van der Waals surface area contributed by atoms with E-state index in [0.717, 1.165) is 0 Å². The second kappa shape index (κ2) is 7.51. The quantitative estimate of drug-likeness (QED) is 0.237. The molecular formula is C29H20S4. The van der Waals surface area contributed by atoms with E-state index in [1.165, 1.54) is 61.1 Å². The summed E-state index contributed by atoms with van der Waals surface area (Å²) in [5.74, 6) is 0. The van der Waals surface area contributed by atoms with Crippen LogP contribution in [0.2, 0.25) is 0 Å². The van der Waals surface area contributed by atoms with Gasteiger partial charge < -0.3 is 0 Å². The van der Waals surface area contributed by atoms with Crippen LogP contribution in [0.5, 0.6) is 0 Å². The van der Waals surface area contributed by atoms with E-state index in [4.69, 9.17) is 0 Å². The minimum Gasteiger partial charge on any atom is -0.0812 e. The highest BCUT2D eigenvalue weighted by Crippen LogP contribution is 2.67. The fourth-order valence-electron chi connectivity index (χ4n) is 5.07. The Bertz CT molecular complexity index is 1370. The van der Waals surface area contributed by atoms with Gasteiger partial charge in [-0.25, -0.2) is 0 Å². The monoisotopic (exact) mass is 496 g/mol. The van der Waals surface area contributed by atoms with Gasteiger partial charge in [0.2, 0.25) is 0 Å². The lowest BCUT2D eigenvalue weighted by Crippen LogP contribution is -2.10. The van der Waals surface area contributed by atoms with E-state index in [1.807, 2.05) is 47.0 Å². The number of allylic oxidation sites excluding steroid dienone is 2. The first kappa shape index (κ1) is 20.4. The molecule has 0 amide bonds. The second-order valence-electron chi connectivity index (χ2n) is 9.00. The molecule has 0 atom stereocenters. The number of hydrogen-bond acceptors (Lipinski definition) is 4. The molecule has 4 aromatic rings. The minimum absolute atomic E-state index is 0.0749. The lowest BCUT2D eigenvalue weighted by molar-refractivity contribution is 0.690. The van der Waals surface area contributed by atoms with Crippen molar-refractivity contribution < 1.29 is 0 Å². The molecule has 4 aromatic carbocycles. The van der Waals surface area contributed by atoms with E-state index in [1.54, 1.807) is 0 Å². The summed E-state index contributed by atoms with van der Waals surface area (Å²) in [7, 11) is 0. The van der Waals surface area contributed by atoms with Gasteiger partial charge in [0.1, 0.15) is 0 Å². The SMILES string of the molecule is CC1(C)C(=C2Sc3ccccc3S2)c2cc3ccccc3cc2C1=C1Sc2ccccc2S1. The van der Waals surface area contributed by atoms with E-state index in [9.17, 15) is 0 Å². The highest BCUT2D eigenvalue weighted by Gasteiger charge is 2.44. The molecule has 1 aliphatic carbocycles. The molecule has 2 heterocycles. The maximum absolute atomic E-state index is 2.43. The lowest BCUT2D eigenvalue weighted by Gasteiger charge is -2.25.